The zero-order chi connectivity index (χ0) is 12.3. The van der Waals surface area contributed by atoms with Gasteiger partial charge in [-0.05, 0) is 47.3 Å². The Kier molecular flexibility index (Phi) is 3.94. The lowest BCUT2D eigenvalue weighted by Gasteiger charge is -2.19. The molecule has 0 aromatic heterocycles. The number of nitrogens with one attached hydrogen (secondary N) is 1. The van der Waals surface area contributed by atoms with Gasteiger partial charge in [0.05, 0.1) is 5.56 Å². The van der Waals surface area contributed by atoms with E-state index in [9.17, 15) is 9.18 Å². The van der Waals surface area contributed by atoms with E-state index in [0.29, 0.717) is 4.47 Å². The zero-order valence-corrected chi connectivity index (χ0v) is 10.8. The number of allylic oxidation sites excluding steroid dienone is 1. The molecule has 0 fully saturated rings. The van der Waals surface area contributed by atoms with E-state index < -0.39 is 5.82 Å². The number of carbonyl (C=O) groups excluding carboxylic acids is 1. The van der Waals surface area contributed by atoms with Crippen molar-refractivity contribution in [2.75, 3.05) is 0 Å². The van der Waals surface area contributed by atoms with Crippen LogP contribution in [0.25, 0.3) is 0 Å². The lowest BCUT2D eigenvalue weighted by Crippen LogP contribution is -2.35. The van der Waals surface area contributed by atoms with Crippen molar-refractivity contribution in [3.8, 4) is 0 Å². The van der Waals surface area contributed by atoms with Gasteiger partial charge in [-0.1, -0.05) is 18.2 Å². The molecule has 0 saturated heterocycles. The van der Waals surface area contributed by atoms with Crippen molar-refractivity contribution in [2.24, 2.45) is 0 Å². The molecule has 90 valence electrons. The second-order valence-corrected chi connectivity index (χ2v) is 4.91. The number of hydrogen-bond donors (Lipinski definition) is 1. The summed E-state index contributed by atoms with van der Waals surface area (Å²) < 4.78 is 14.0. The standard InChI is InChI=1S/C13H13BrFNO/c14-10-7-4-8-11(15)12(10)13(17)16-9-5-2-1-3-6-9/h1-2,4,7-9H,3,5-6H2,(H,16,17). The summed E-state index contributed by atoms with van der Waals surface area (Å²) in [7, 11) is 0. The Morgan fingerprint density at radius 2 is 2.24 bits per heavy atom. The van der Waals surface area contributed by atoms with Crippen LogP contribution < -0.4 is 5.32 Å². The van der Waals surface area contributed by atoms with Crippen LogP contribution in [0.4, 0.5) is 4.39 Å². The van der Waals surface area contributed by atoms with E-state index in [1.165, 1.54) is 6.07 Å². The molecule has 1 atom stereocenters. The minimum absolute atomic E-state index is 0.0852. The average Bonchev–Trinajstić information content (AvgIpc) is 2.30. The van der Waals surface area contributed by atoms with Crippen molar-refractivity contribution in [3.63, 3.8) is 0 Å². The number of hydrogen-bond acceptors (Lipinski definition) is 1. The minimum atomic E-state index is -0.497. The lowest BCUT2D eigenvalue weighted by molar-refractivity contribution is 0.0930. The predicted molar refractivity (Wildman–Crippen MR) is 68.3 cm³/mol. The number of amides is 1. The van der Waals surface area contributed by atoms with Gasteiger partial charge in [0.2, 0.25) is 0 Å². The molecule has 0 aliphatic heterocycles. The summed E-state index contributed by atoms with van der Waals surface area (Å²) >= 11 is 3.20. The summed E-state index contributed by atoms with van der Waals surface area (Å²) in [5.41, 5.74) is 0.0852. The monoisotopic (exact) mass is 297 g/mol. The van der Waals surface area contributed by atoms with Crippen molar-refractivity contribution in [1.82, 2.24) is 5.32 Å². The van der Waals surface area contributed by atoms with E-state index in [1.807, 2.05) is 6.08 Å². The van der Waals surface area contributed by atoms with Crippen molar-refractivity contribution >= 4 is 21.8 Å². The van der Waals surface area contributed by atoms with E-state index in [4.69, 9.17) is 0 Å². The summed E-state index contributed by atoms with van der Waals surface area (Å²) in [4.78, 5) is 11.9. The minimum Gasteiger partial charge on any atom is -0.349 e. The van der Waals surface area contributed by atoms with Crippen LogP contribution in [-0.4, -0.2) is 11.9 Å². The molecule has 1 aromatic carbocycles. The Bertz CT molecular complexity index is 438. The Labute approximate surface area is 108 Å². The normalized spacial score (nSPS) is 19.1. The van der Waals surface area contributed by atoms with Gasteiger partial charge >= 0.3 is 0 Å². The highest BCUT2D eigenvalue weighted by atomic mass is 79.9. The largest absolute Gasteiger partial charge is 0.349 e. The van der Waals surface area contributed by atoms with Crippen LogP contribution in [0.1, 0.15) is 29.6 Å². The Hall–Kier alpha value is -1.16. The maximum atomic E-state index is 13.6. The molecule has 1 aromatic rings. The summed E-state index contributed by atoms with van der Waals surface area (Å²) in [6, 6.07) is 4.64. The van der Waals surface area contributed by atoms with E-state index in [-0.39, 0.29) is 17.5 Å². The SMILES string of the molecule is O=C(NC1CC=CCC1)c1c(F)cccc1Br. The molecule has 0 bridgehead atoms. The molecule has 0 heterocycles. The molecular formula is C13H13BrFNO. The summed E-state index contributed by atoms with van der Waals surface area (Å²) in [6.45, 7) is 0. The molecule has 1 N–H and O–H groups in total. The highest BCUT2D eigenvalue weighted by Gasteiger charge is 2.19. The predicted octanol–water partition coefficient (Wildman–Crippen LogP) is 3.43. The lowest BCUT2D eigenvalue weighted by atomic mass is 10.0. The third-order valence-electron chi connectivity index (χ3n) is 2.79. The first-order chi connectivity index (χ1) is 8.18. The quantitative estimate of drug-likeness (QED) is 0.833. The van der Waals surface area contributed by atoms with Gasteiger partial charge in [0, 0.05) is 10.5 Å². The van der Waals surface area contributed by atoms with Gasteiger partial charge in [-0.15, -0.1) is 0 Å². The highest BCUT2D eigenvalue weighted by Crippen LogP contribution is 2.20. The molecular weight excluding hydrogens is 285 g/mol. The van der Waals surface area contributed by atoms with Crippen molar-refractivity contribution in [3.05, 3.63) is 46.2 Å². The smallest absolute Gasteiger partial charge is 0.255 e. The van der Waals surface area contributed by atoms with Crippen LogP contribution in [0.3, 0.4) is 0 Å². The van der Waals surface area contributed by atoms with Gasteiger partial charge in [-0.2, -0.15) is 0 Å². The topological polar surface area (TPSA) is 29.1 Å². The molecule has 1 unspecified atom stereocenters. The van der Waals surface area contributed by atoms with Crippen molar-refractivity contribution in [1.29, 1.82) is 0 Å². The number of halogens is 2. The van der Waals surface area contributed by atoms with Crippen molar-refractivity contribution in [2.45, 2.75) is 25.3 Å². The second kappa shape index (κ2) is 5.45. The third kappa shape index (κ3) is 2.94. The number of benzene rings is 1. The molecule has 2 rings (SSSR count). The van der Waals surface area contributed by atoms with Gasteiger partial charge in [0.25, 0.3) is 5.91 Å². The molecule has 0 radical (unpaired) electrons. The highest BCUT2D eigenvalue weighted by molar-refractivity contribution is 9.10. The summed E-state index contributed by atoms with van der Waals surface area (Å²) in [6.07, 6.45) is 6.84. The van der Waals surface area contributed by atoms with E-state index in [2.05, 4.69) is 27.3 Å². The van der Waals surface area contributed by atoms with Gasteiger partial charge in [0.15, 0.2) is 0 Å². The maximum Gasteiger partial charge on any atom is 0.255 e. The van der Waals surface area contributed by atoms with Gasteiger partial charge < -0.3 is 5.32 Å². The second-order valence-electron chi connectivity index (χ2n) is 4.05. The van der Waals surface area contributed by atoms with Gasteiger partial charge in [0.1, 0.15) is 5.82 Å². The van der Waals surface area contributed by atoms with Crippen LogP contribution in [-0.2, 0) is 0 Å². The maximum absolute atomic E-state index is 13.6. The number of rotatable bonds is 2. The Morgan fingerprint density at radius 1 is 1.41 bits per heavy atom. The molecule has 0 saturated carbocycles. The van der Waals surface area contributed by atoms with Gasteiger partial charge in [-0.25, -0.2) is 4.39 Å². The molecule has 1 amide bonds. The van der Waals surface area contributed by atoms with Crippen LogP contribution >= 0.6 is 15.9 Å². The summed E-state index contributed by atoms with van der Waals surface area (Å²) in [5, 5.41) is 2.86. The average molecular weight is 298 g/mol. The third-order valence-corrected chi connectivity index (χ3v) is 3.45. The molecule has 4 heteroatoms. The van der Waals surface area contributed by atoms with Crippen LogP contribution in [0.15, 0.2) is 34.8 Å². The molecule has 1 aliphatic carbocycles. The molecule has 17 heavy (non-hydrogen) atoms. The fourth-order valence-electron chi connectivity index (χ4n) is 1.90. The first kappa shape index (κ1) is 12.3. The Morgan fingerprint density at radius 3 is 2.88 bits per heavy atom. The Balaban J connectivity index is 2.11. The molecule has 2 nitrogen and oxygen atoms in total. The van der Waals surface area contributed by atoms with Crippen molar-refractivity contribution < 1.29 is 9.18 Å². The number of carbonyl (C=O) groups is 1. The molecule has 0 spiro atoms. The van der Waals surface area contributed by atoms with E-state index >= 15 is 0 Å². The van der Waals surface area contributed by atoms with E-state index in [1.54, 1.807) is 12.1 Å². The van der Waals surface area contributed by atoms with Gasteiger partial charge in [-0.3, -0.25) is 4.79 Å². The van der Waals surface area contributed by atoms with Crippen LogP contribution in [0.2, 0.25) is 0 Å². The van der Waals surface area contributed by atoms with Crippen LogP contribution in [0, 0.1) is 5.82 Å². The molecule has 1 aliphatic rings. The van der Waals surface area contributed by atoms with Crippen LogP contribution in [0.5, 0.6) is 0 Å². The fourth-order valence-corrected chi connectivity index (χ4v) is 2.42. The zero-order valence-electron chi connectivity index (χ0n) is 9.25. The fraction of sp³-hybridized carbons (Fsp3) is 0.308. The first-order valence-corrected chi connectivity index (χ1v) is 6.37. The first-order valence-electron chi connectivity index (χ1n) is 5.58. The summed E-state index contributed by atoms with van der Waals surface area (Å²) in [5.74, 6) is -0.849. The van der Waals surface area contributed by atoms with E-state index in [0.717, 1.165) is 19.3 Å².